The first-order valence-corrected chi connectivity index (χ1v) is 6.43. The molecule has 0 spiro atoms. The van der Waals surface area contributed by atoms with Crippen molar-refractivity contribution in [1.29, 1.82) is 11.1 Å². The number of hydrogen-bond donors (Lipinski definition) is 2. The van der Waals surface area contributed by atoms with Gasteiger partial charge in [0.25, 0.3) is 0 Å². The Kier molecular flexibility index (Phi) is 5.80. The fourth-order valence-electron chi connectivity index (χ4n) is 1.28. The maximum absolute atomic E-state index is 7.49. The van der Waals surface area contributed by atoms with Crippen molar-refractivity contribution in [3.8, 4) is 0 Å². The van der Waals surface area contributed by atoms with Gasteiger partial charge in [0.1, 0.15) is 0 Å². The molecule has 2 aromatic carbocycles. The van der Waals surface area contributed by atoms with E-state index < -0.39 is 0 Å². The molecule has 9 heteroatoms. The summed E-state index contributed by atoms with van der Waals surface area (Å²) < 4.78 is 9.05. The van der Waals surface area contributed by atoms with Crippen LogP contribution in [0.3, 0.4) is 0 Å². The fraction of sp³-hybridized carbons (Fsp3) is 0. The van der Waals surface area contributed by atoms with Crippen LogP contribution in [-0.4, -0.2) is 9.72 Å². The van der Waals surface area contributed by atoms with Crippen molar-refractivity contribution < 1.29 is 43.3 Å². The van der Waals surface area contributed by atoms with Gasteiger partial charge in [-0.1, -0.05) is 0 Å². The molecule has 0 unspecified atom stereocenters. The van der Waals surface area contributed by atoms with Gasteiger partial charge in [-0.3, -0.25) is 0 Å². The Morgan fingerprint density at radius 2 is 1.05 bits per heavy atom. The van der Waals surface area contributed by atoms with E-state index in [4.69, 9.17) is 11.1 Å². The number of rotatable bonds is 8. The molecule has 2 N–H and O–H groups in total. The zero-order valence-electron chi connectivity index (χ0n) is 10.6. The number of benzene rings is 2. The van der Waals surface area contributed by atoms with Crippen molar-refractivity contribution in [2.24, 2.45) is 0 Å². The molecule has 113 valence electrons. The second-order valence-electron chi connectivity index (χ2n) is 3.56. The van der Waals surface area contributed by atoms with E-state index in [1.807, 2.05) is 12.1 Å². The predicted octanol–water partition coefficient (Wildman–Crippen LogP) is 3.38. The Morgan fingerprint density at radius 1 is 0.667 bits per heavy atom. The monoisotopic (exact) mass is 339 g/mol. The van der Waals surface area contributed by atoms with Crippen LogP contribution in [-0.2, 0) is 33.5 Å². The second kappa shape index (κ2) is 8.08. The fourth-order valence-corrected chi connectivity index (χ4v) is 1.51. The Morgan fingerprint density at radius 3 is 1.43 bits per heavy atom. The van der Waals surface area contributed by atoms with Crippen LogP contribution in [0.2, 0.25) is 0 Å². The van der Waals surface area contributed by atoms with Gasteiger partial charge in [0.2, 0.25) is 0 Å². The third-order valence-corrected chi connectivity index (χ3v) is 2.48. The summed E-state index contributed by atoms with van der Waals surface area (Å²) in [7, 11) is 0. The van der Waals surface area contributed by atoms with E-state index in [0.29, 0.717) is 36.7 Å². The summed E-state index contributed by atoms with van der Waals surface area (Å²) >= 11 is 0.424. The van der Waals surface area contributed by atoms with Gasteiger partial charge in [0, 0.05) is 0 Å². The van der Waals surface area contributed by atoms with Crippen LogP contribution in [0, 0.1) is 11.1 Å². The van der Waals surface area contributed by atoms with Crippen LogP contribution < -0.4 is 0 Å². The molecular weight excluding hydrogens is 328 g/mol. The van der Waals surface area contributed by atoms with E-state index in [9.17, 15) is 0 Å². The average Bonchev–Trinajstić information content (AvgIpc) is 2.55. The molecule has 0 aliphatic carbocycles. The molecule has 0 heterocycles. The van der Waals surface area contributed by atoms with Crippen molar-refractivity contribution in [3.05, 3.63) is 60.7 Å². The van der Waals surface area contributed by atoms with E-state index in [2.05, 4.69) is 17.9 Å². The topological polar surface area (TPSA) is 90.6 Å². The first kappa shape index (κ1) is 15.1. The van der Waals surface area contributed by atoms with Gasteiger partial charge in [-0.25, -0.2) is 0 Å². The zero-order chi connectivity index (χ0) is 14.9. The molecular formula is C12H12CuN4O4+2. The number of hydrogen-bond acceptors (Lipinski definition) is 6. The van der Waals surface area contributed by atoms with Crippen molar-refractivity contribution in [3.63, 3.8) is 0 Å². The maximum atomic E-state index is 7.49. The van der Waals surface area contributed by atoms with Crippen molar-refractivity contribution in [2.45, 2.75) is 0 Å². The molecule has 2 aromatic rings. The molecule has 8 nitrogen and oxygen atoms in total. The van der Waals surface area contributed by atoms with E-state index in [-0.39, 0.29) is 0 Å². The summed E-state index contributed by atoms with van der Waals surface area (Å²) in [5, 5.41) is 0. The SMILES string of the molecule is N=[N+](O[O][Cu][O]O[N+](=N)c1ccccc1)c1ccccc1. The van der Waals surface area contributed by atoms with Gasteiger partial charge in [-0.05, 0) is 0 Å². The number of nitrogens with zero attached hydrogens (tertiary/aromatic N) is 2. The Bertz CT molecular complexity index is 543. The Balaban J connectivity index is 1.64. The van der Waals surface area contributed by atoms with Crippen molar-refractivity contribution in [1.82, 2.24) is 0 Å². The quantitative estimate of drug-likeness (QED) is 0.193. The number of nitrogens with one attached hydrogen (secondary N) is 2. The summed E-state index contributed by atoms with van der Waals surface area (Å²) in [6, 6.07) is 17.3. The molecule has 0 atom stereocenters. The van der Waals surface area contributed by atoms with Crippen molar-refractivity contribution in [2.75, 3.05) is 0 Å². The van der Waals surface area contributed by atoms with Gasteiger partial charge in [0.05, 0.1) is 0 Å². The molecule has 0 amide bonds. The second-order valence-corrected chi connectivity index (χ2v) is 4.03. The summed E-state index contributed by atoms with van der Waals surface area (Å²) in [4.78, 5) is 10.5. The van der Waals surface area contributed by atoms with Gasteiger partial charge < -0.3 is 0 Å². The first-order valence-electron chi connectivity index (χ1n) is 5.66. The Labute approximate surface area is 127 Å². The normalized spacial score (nSPS) is 10.1. The minimum absolute atomic E-state index is 0.424. The third-order valence-electron chi connectivity index (χ3n) is 2.22. The summed E-state index contributed by atoms with van der Waals surface area (Å²) in [5.74, 6) is 0. The number of para-hydroxylation sites is 2. The van der Waals surface area contributed by atoms with E-state index in [1.165, 1.54) is 0 Å². The molecule has 0 aromatic heterocycles. The van der Waals surface area contributed by atoms with E-state index >= 15 is 0 Å². The molecule has 0 aliphatic heterocycles. The van der Waals surface area contributed by atoms with E-state index in [1.54, 1.807) is 48.5 Å². The van der Waals surface area contributed by atoms with Gasteiger partial charge >= 0.3 is 126 Å². The van der Waals surface area contributed by atoms with Crippen LogP contribution in [0.5, 0.6) is 0 Å². The van der Waals surface area contributed by atoms with Crippen molar-refractivity contribution >= 4 is 11.4 Å². The molecule has 2 rings (SSSR count). The summed E-state index contributed by atoms with van der Waals surface area (Å²) in [6.45, 7) is 0. The first-order chi connectivity index (χ1) is 10.3. The molecule has 0 radical (unpaired) electrons. The van der Waals surface area contributed by atoms with Gasteiger partial charge in [0.15, 0.2) is 0 Å². The minimum atomic E-state index is 0.424. The third kappa shape index (κ3) is 4.93. The molecule has 21 heavy (non-hydrogen) atoms. The standard InChI is InChI=1S/2C6H6N2O2.Cu/c2*7-8(10-9)6-4-2-1-3-5-6;/h2*1-5,7H;/q;;+2. The average molecular weight is 340 g/mol. The summed E-state index contributed by atoms with van der Waals surface area (Å²) in [6.07, 6.45) is 0. The predicted molar refractivity (Wildman–Crippen MR) is 62.5 cm³/mol. The molecule has 0 aliphatic rings. The summed E-state index contributed by atoms with van der Waals surface area (Å²) in [5.41, 5.74) is 15.9. The van der Waals surface area contributed by atoms with Crippen LogP contribution in [0.15, 0.2) is 60.7 Å². The molecule has 0 saturated heterocycles. The van der Waals surface area contributed by atoms with E-state index in [0.717, 1.165) is 0 Å². The molecule has 0 saturated carbocycles. The Hall–Kier alpha value is -2.32. The van der Waals surface area contributed by atoms with Crippen LogP contribution in [0.25, 0.3) is 0 Å². The molecule has 0 bridgehead atoms. The zero-order valence-corrected chi connectivity index (χ0v) is 11.5. The van der Waals surface area contributed by atoms with Gasteiger partial charge in [-0.2, -0.15) is 0 Å². The van der Waals surface area contributed by atoms with Crippen LogP contribution in [0.4, 0.5) is 11.4 Å². The van der Waals surface area contributed by atoms with Crippen LogP contribution in [0.1, 0.15) is 0 Å². The van der Waals surface area contributed by atoms with Crippen LogP contribution >= 0.6 is 0 Å². The molecule has 0 fully saturated rings. The van der Waals surface area contributed by atoms with Gasteiger partial charge in [-0.15, -0.1) is 0 Å².